The number of fused-ring (bicyclic) bond motifs is 1. The Morgan fingerprint density at radius 1 is 1.39 bits per heavy atom. The number of carbonyl (C=O) groups is 2. The Morgan fingerprint density at radius 3 is 2.61 bits per heavy atom. The number of amides is 1. The van der Waals surface area contributed by atoms with E-state index in [9.17, 15) is 18.4 Å². The molecule has 0 radical (unpaired) electrons. The quantitative estimate of drug-likeness (QED) is 0.357. The maximum absolute atomic E-state index is 15.1. The Hall–Kier alpha value is -0.620. The normalized spacial score (nSPS) is 38.2. The van der Waals surface area contributed by atoms with Crippen LogP contribution in [0.1, 0.15) is 20.3 Å². The van der Waals surface area contributed by atoms with Gasteiger partial charge in [-0.15, -0.1) is 0 Å². The minimum absolute atomic E-state index is 0.322. The van der Waals surface area contributed by atoms with Gasteiger partial charge in [0.1, 0.15) is 5.03 Å². The summed E-state index contributed by atoms with van der Waals surface area (Å²) in [6, 6.07) is 0. The summed E-state index contributed by atoms with van der Waals surface area (Å²) in [4.78, 5) is 23.9. The highest BCUT2D eigenvalue weighted by Gasteiger charge is 2.75. The molecule has 28 heavy (non-hydrogen) atoms. The van der Waals surface area contributed by atoms with Crippen LogP contribution in [0, 0.1) is 0 Å². The highest BCUT2D eigenvalue weighted by atomic mass is 35.5. The van der Waals surface area contributed by atoms with Gasteiger partial charge >= 0.3 is 12.6 Å². The topological polar surface area (TPSA) is 74.3 Å². The third-order valence-corrected chi connectivity index (χ3v) is 6.95. The van der Waals surface area contributed by atoms with Crippen LogP contribution >= 0.6 is 18.3 Å². The largest absolute Gasteiger partial charge is 0.333 e. The molecule has 3 heterocycles. The lowest BCUT2D eigenvalue weighted by atomic mass is 9.95. The predicted molar refractivity (Wildman–Crippen MR) is 90.3 cm³/mol. The van der Waals surface area contributed by atoms with Crippen LogP contribution in [0.2, 0.25) is 0 Å². The minimum atomic E-state index is -4.13. The number of hydrogen-bond acceptors (Lipinski definition) is 7. The first-order chi connectivity index (χ1) is 12.8. The van der Waals surface area contributed by atoms with Crippen molar-refractivity contribution in [3.05, 3.63) is 11.2 Å². The Kier molecular flexibility index (Phi) is 5.72. The standard InChI is InChI=1S/C14H15ClF4NO6PS/c1-6(2)25-27(28)23-5-13(11(16)17)10(26-27)14(18,19)12(24-13)20-4-7(15)8(21)3-9(20)22/h4,6,10-12H,3,5H2,1-2H3/t10-,12-,13-,27?/m1/s1. The third-order valence-electron chi connectivity index (χ3n) is 4.22. The maximum Gasteiger partial charge on any atom is 0.328 e. The maximum atomic E-state index is 15.1. The minimum Gasteiger partial charge on any atom is -0.333 e. The van der Waals surface area contributed by atoms with Gasteiger partial charge in [0, 0.05) is 6.20 Å². The first kappa shape index (κ1) is 22.1. The summed E-state index contributed by atoms with van der Waals surface area (Å²) in [5.41, 5.74) is -2.89. The molecule has 7 nitrogen and oxygen atoms in total. The molecule has 158 valence electrons. The number of Topliss-reactive ketones (excluding diaryl/α,β-unsaturated/α-hetero) is 1. The van der Waals surface area contributed by atoms with Crippen LogP contribution in [-0.4, -0.2) is 59.6 Å². The molecule has 0 N–H and O–H groups in total. The zero-order valence-electron chi connectivity index (χ0n) is 14.4. The van der Waals surface area contributed by atoms with E-state index in [1.807, 2.05) is 0 Å². The van der Waals surface area contributed by atoms with Crippen LogP contribution in [0.15, 0.2) is 11.2 Å². The summed E-state index contributed by atoms with van der Waals surface area (Å²) >= 11 is 10.6. The molecule has 1 unspecified atom stereocenters. The molecule has 0 aromatic rings. The van der Waals surface area contributed by atoms with Gasteiger partial charge in [-0.25, -0.2) is 8.78 Å². The van der Waals surface area contributed by atoms with E-state index in [-0.39, 0.29) is 0 Å². The van der Waals surface area contributed by atoms with Gasteiger partial charge in [-0.05, 0) is 25.7 Å². The molecule has 0 saturated carbocycles. The average molecular weight is 468 g/mol. The molecule has 2 saturated heterocycles. The number of hydrogen-bond donors (Lipinski definition) is 0. The molecule has 3 aliphatic heterocycles. The zero-order chi connectivity index (χ0) is 21.1. The number of halogens is 5. The van der Waals surface area contributed by atoms with Gasteiger partial charge in [-0.2, -0.15) is 8.78 Å². The van der Waals surface area contributed by atoms with Gasteiger partial charge in [-0.1, -0.05) is 11.6 Å². The Bertz CT molecular complexity index is 783. The average Bonchev–Trinajstić information content (AvgIpc) is 2.79. The molecule has 2 fully saturated rings. The van der Waals surface area contributed by atoms with Crippen molar-refractivity contribution in [2.24, 2.45) is 0 Å². The molecule has 0 aromatic heterocycles. The fraction of sp³-hybridized carbons (Fsp3) is 0.714. The number of carbonyl (C=O) groups excluding carboxylic acids is 2. The number of ether oxygens (including phenoxy) is 1. The van der Waals surface area contributed by atoms with Gasteiger partial charge in [-0.3, -0.25) is 19.0 Å². The van der Waals surface area contributed by atoms with Crippen molar-refractivity contribution in [2.75, 3.05) is 6.61 Å². The SMILES string of the molecule is CC(C)OP1(=S)OC[C@@]2(C(F)F)O[C@@H](N3C=C(Cl)C(=O)CC3=O)C(F)(F)[C@@H]2O1. The van der Waals surface area contributed by atoms with Crippen LogP contribution in [0.4, 0.5) is 17.6 Å². The molecule has 0 bridgehead atoms. The van der Waals surface area contributed by atoms with Crippen LogP contribution in [0.25, 0.3) is 0 Å². The number of allylic oxidation sites excluding steroid dienone is 1. The van der Waals surface area contributed by atoms with Gasteiger partial charge in [0.15, 0.2) is 17.5 Å². The van der Waals surface area contributed by atoms with Crippen molar-refractivity contribution in [1.29, 1.82) is 0 Å². The summed E-state index contributed by atoms with van der Waals surface area (Å²) in [6.45, 7) is -1.71. The number of nitrogens with zero attached hydrogens (tertiary/aromatic N) is 1. The van der Waals surface area contributed by atoms with E-state index < -0.39 is 72.9 Å². The van der Waals surface area contributed by atoms with E-state index in [1.165, 1.54) is 13.8 Å². The van der Waals surface area contributed by atoms with E-state index >= 15 is 8.78 Å². The molecular formula is C14H15ClF4NO6PS. The van der Waals surface area contributed by atoms with Gasteiger partial charge < -0.3 is 13.8 Å². The zero-order valence-corrected chi connectivity index (χ0v) is 16.9. The highest BCUT2D eigenvalue weighted by Crippen LogP contribution is 2.63. The van der Waals surface area contributed by atoms with Crippen LogP contribution < -0.4 is 0 Å². The predicted octanol–water partition coefficient (Wildman–Crippen LogP) is 2.93. The van der Waals surface area contributed by atoms with Crippen molar-refractivity contribution in [3.63, 3.8) is 0 Å². The molecule has 4 atom stereocenters. The molecule has 3 rings (SSSR count). The van der Waals surface area contributed by atoms with Crippen molar-refractivity contribution < 1.29 is 45.5 Å². The summed E-state index contributed by atoms with van der Waals surface area (Å²) in [5, 5.41) is -0.509. The van der Waals surface area contributed by atoms with Crippen LogP contribution in [0.5, 0.6) is 0 Å². The van der Waals surface area contributed by atoms with E-state index in [0.717, 1.165) is 0 Å². The third kappa shape index (κ3) is 3.53. The molecule has 0 spiro atoms. The van der Waals surface area contributed by atoms with Crippen molar-refractivity contribution >= 4 is 41.8 Å². The van der Waals surface area contributed by atoms with E-state index in [2.05, 4.69) is 0 Å². The van der Waals surface area contributed by atoms with Crippen molar-refractivity contribution in [1.82, 2.24) is 4.90 Å². The lowest BCUT2D eigenvalue weighted by molar-refractivity contribution is -0.210. The summed E-state index contributed by atoms with van der Waals surface area (Å²) in [6.07, 6.45) is -9.24. The summed E-state index contributed by atoms with van der Waals surface area (Å²) < 4.78 is 78.3. The fourth-order valence-corrected chi connectivity index (χ4v) is 5.70. The van der Waals surface area contributed by atoms with Crippen molar-refractivity contribution in [3.8, 4) is 0 Å². The number of alkyl halides is 4. The van der Waals surface area contributed by atoms with Gasteiger partial charge in [0.25, 0.3) is 6.43 Å². The van der Waals surface area contributed by atoms with Crippen molar-refractivity contribution in [2.45, 2.75) is 56.7 Å². The molecule has 14 heteroatoms. The number of ketones is 1. The smallest absolute Gasteiger partial charge is 0.328 e. The first-order valence-corrected chi connectivity index (χ1v) is 10.9. The second-order valence-electron chi connectivity index (χ2n) is 6.64. The Morgan fingerprint density at radius 2 is 2.04 bits per heavy atom. The van der Waals surface area contributed by atoms with E-state index in [4.69, 9.17) is 41.7 Å². The highest BCUT2D eigenvalue weighted by molar-refractivity contribution is 8.07. The molecule has 0 aliphatic carbocycles. The molecule has 3 aliphatic rings. The van der Waals surface area contributed by atoms with Crippen LogP contribution in [-0.2, 0) is 39.7 Å². The van der Waals surface area contributed by atoms with Gasteiger partial charge in [0.2, 0.25) is 12.1 Å². The first-order valence-electron chi connectivity index (χ1n) is 7.99. The molecule has 1 amide bonds. The van der Waals surface area contributed by atoms with Crippen LogP contribution in [0.3, 0.4) is 0 Å². The lowest BCUT2D eigenvalue weighted by Gasteiger charge is -2.41. The van der Waals surface area contributed by atoms with Gasteiger partial charge in [0.05, 0.1) is 19.1 Å². The Balaban J connectivity index is 2.01. The number of rotatable bonds is 4. The molecular weight excluding hydrogens is 453 g/mol. The Labute approximate surface area is 167 Å². The summed E-state index contributed by atoms with van der Waals surface area (Å²) in [5.74, 6) is -6.00. The molecule has 0 aromatic carbocycles. The fourth-order valence-electron chi connectivity index (χ4n) is 2.97. The van der Waals surface area contributed by atoms with E-state index in [1.54, 1.807) is 0 Å². The second-order valence-corrected chi connectivity index (χ2v) is 9.96. The van der Waals surface area contributed by atoms with E-state index in [0.29, 0.717) is 11.1 Å². The monoisotopic (exact) mass is 467 g/mol. The summed E-state index contributed by atoms with van der Waals surface area (Å²) in [7, 11) is 0. The second kappa shape index (κ2) is 7.26. The lowest BCUT2D eigenvalue weighted by Crippen LogP contribution is -2.58.